The van der Waals surface area contributed by atoms with Crippen molar-refractivity contribution in [3.63, 3.8) is 0 Å². The van der Waals surface area contributed by atoms with Crippen LogP contribution >= 0.6 is 15.9 Å². The molecule has 156 valence electrons. The fourth-order valence-electron chi connectivity index (χ4n) is 4.55. The normalized spacial score (nSPS) is 20.1. The first-order valence-electron chi connectivity index (χ1n) is 10.4. The van der Waals surface area contributed by atoms with Crippen molar-refractivity contribution >= 4 is 33.1 Å². The van der Waals surface area contributed by atoms with Crippen LogP contribution in [0.25, 0.3) is 0 Å². The van der Waals surface area contributed by atoms with Gasteiger partial charge in [0.25, 0.3) is 0 Å². The van der Waals surface area contributed by atoms with Crippen LogP contribution in [0, 0.1) is 0 Å². The maximum atomic E-state index is 13.6. The molecule has 31 heavy (non-hydrogen) atoms. The molecule has 4 nitrogen and oxygen atoms in total. The number of nitrogens with one attached hydrogen (secondary N) is 2. The number of ketones is 1. The van der Waals surface area contributed by atoms with Gasteiger partial charge in [0.15, 0.2) is 5.78 Å². The maximum absolute atomic E-state index is 13.6. The molecule has 2 aliphatic rings. The summed E-state index contributed by atoms with van der Waals surface area (Å²) in [6.07, 6.45) is 1.27. The molecule has 1 aliphatic heterocycles. The number of rotatable bonds is 3. The molecule has 0 saturated carbocycles. The van der Waals surface area contributed by atoms with E-state index < -0.39 is 0 Å². The Kier molecular flexibility index (Phi) is 5.28. The van der Waals surface area contributed by atoms with Gasteiger partial charge in [0.2, 0.25) is 0 Å². The number of methoxy groups -OCH3 is 1. The van der Waals surface area contributed by atoms with Crippen LogP contribution in [0.3, 0.4) is 0 Å². The summed E-state index contributed by atoms with van der Waals surface area (Å²) in [5, 5.41) is 7.22. The third-order valence-electron chi connectivity index (χ3n) is 6.11. The Balaban J connectivity index is 1.59. The average molecular weight is 475 g/mol. The molecule has 3 aromatic carbocycles. The van der Waals surface area contributed by atoms with Gasteiger partial charge >= 0.3 is 0 Å². The Morgan fingerprint density at radius 3 is 2.35 bits per heavy atom. The Morgan fingerprint density at radius 2 is 1.61 bits per heavy atom. The zero-order chi connectivity index (χ0) is 21.4. The summed E-state index contributed by atoms with van der Waals surface area (Å²) in [6.45, 7) is 0. The highest BCUT2D eigenvalue weighted by atomic mass is 79.9. The van der Waals surface area contributed by atoms with E-state index >= 15 is 0 Å². The van der Waals surface area contributed by atoms with Gasteiger partial charge in [0.05, 0.1) is 24.5 Å². The number of carbonyl (C=O) groups is 1. The van der Waals surface area contributed by atoms with E-state index in [2.05, 4.69) is 56.9 Å². The molecule has 3 aromatic rings. The number of halogens is 1. The van der Waals surface area contributed by atoms with Crippen molar-refractivity contribution in [1.82, 2.24) is 0 Å². The van der Waals surface area contributed by atoms with Gasteiger partial charge in [-0.1, -0.05) is 58.4 Å². The first-order valence-corrected chi connectivity index (χ1v) is 11.2. The van der Waals surface area contributed by atoms with Gasteiger partial charge in [-0.25, -0.2) is 0 Å². The van der Waals surface area contributed by atoms with Crippen molar-refractivity contribution in [3.05, 3.63) is 99.7 Å². The maximum Gasteiger partial charge on any atom is 0.163 e. The van der Waals surface area contributed by atoms with Crippen molar-refractivity contribution in [3.8, 4) is 5.75 Å². The van der Waals surface area contributed by atoms with Gasteiger partial charge in [-0.2, -0.15) is 0 Å². The second kappa shape index (κ2) is 8.23. The minimum atomic E-state index is -0.217. The van der Waals surface area contributed by atoms with E-state index in [9.17, 15) is 4.79 Å². The van der Waals surface area contributed by atoms with Crippen LogP contribution in [0.15, 0.2) is 88.5 Å². The lowest BCUT2D eigenvalue weighted by atomic mass is 9.78. The van der Waals surface area contributed by atoms with E-state index in [-0.39, 0.29) is 17.7 Å². The van der Waals surface area contributed by atoms with Crippen molar-refractivity contribution in [1.29, 1.82) is 0 Å². The van der Waals surface area contributed by atoms with Gasteiger partial charge in [-0.15, -0.1) is 0 Å². The average Bonchev–Trinajstić information content (AvgIpc) is 2.96. The summed E-state index contributed by atoms with van der Waals surface area (Å²) in [5.41, 5.74) is 6.03. The lowest BCUT2D eigenvalue weighted by molar-refractivity contribution is -0.116. The van der Waals surface area contributed by atoms with Crippen LogP contribution in [-0.4, -0.2) is 12.9 Å². The Morgan fingerprint density at radius 1 is 0.903 bits per heavy atom. The third kappa shape index (κ3) is 3.74. The molecule has 0 amide bonds. The summed E-state index contributed by atoms with van der Waals surface area (Å²) in [7, 11) is 1.66. The molecular weight excluding hydrogens is 452 g/mol. The quantitative estimate of drug-likeness (QED) is 0.458. The number of anilines is 2. The second-order valence-corrected chi connectivity index (χ2v) is 8.82. The van der Waals surface area contributed by atoms with Gasteiger partial charge in [-0.3, -0.25) is 4.79 Å². The highest BCUT2D eigenvalue weighted by molar-refractivity contribution is 9.10. The number of fused-ring (bicyclic) bond motifs is 1. The van der Waals surface area contributed by atoms with E-state index in [1.165, 1.54) is 0 Å². The number of allylic oxidation sites excluding steroid dienone is 1. The molecule has 0 saturated heterocycles. The van der Waals surface area contributed by atoms with E-state index in [4.69, 9.17) is 4.74 Å². The van der Waals surface area contributed by atoms with Crippen LogP contribution in [0.1, 0.15) is 35.9 Å². The number of benzene rings is 3. The topological polar surface area (TPSA) is 50.4 Å². The van der Waals surface area contributed by atoms with Crippen molar-refractivity contribution in [2.24, 2.45) is 0 Å². The molecule has 1 heterocycles. The predicted octanol–water partition coefficient (Wildman–Crippen LogP) is 6.44. The van der Waals surface area contributed by atoms with Crippen LogP contribution in [0.2, 0.25) is 0 Å². The number of hydrogen-bond acceptors (Lipinski definition) is 4. The summed E-state index contributed by atoms with van der Waals surface area (Å²) in [4.78, 5) is 13.6. The van der Waals surface area contributed by atoms with E-state index in [0.717, 1.165) is 50.4 Å². The lowest BCUT2D eigenvalue weighted by Crippen LogP contribution is -2.27. The third-order valence-corrected chi connectivity index (χ3v) is 6.83. The Hall–Kier alpha value is -3.05. The molecule has 2 atom stereocenters. The summed E-state index contributed by atoms with van der Waals surface area (Å²) in [5.74, 6) is 1.14. The van der Waals surface area contributed by atoms with Crippen LogP contribution in [0.5, 0.6) is 5.75 Å². The number of hydrogen-bond donors (Lipinski definition) is 2. The van der Waals surface area contributed by atoms with E-state index in [1.807, 2.05) is 42.5 Å². The minimum Gasteiger partial charge on any atom is -0.497 e. The summed E-state index contributed by atoms with van der Waals surface area (Å²) < 4.78 is 6.28. The number of carbonyl (C=O) groups excluding carboxylic acids is 1. The lowest BCUT2D eigenvalue weighted by Gasteiger charge is -2.30. The smallest absolute Gasteiger partial charge is 0.163 e. The zero-order valence-corrected chi connectivity index (χ0v) is 18.8. The molecule has 5 rings (SSSR count). The SMILES string of the molecule is COc1ccc([C@@H]2CC(=O)C3=C(C2)Nc2ccccc2N[C@H]3c2ccccc2Br)cc1. The fraction of sp³-hybridized carbons (Fsp3) is 0.192. The highest BCUT2D eigenvalue weighted by Gasteiger charge is 2.36. The first kappa shape index (κ1) is 19.9. The first-order chi connectivity index (χ1) is 15.1. The highest BCUT2D eigenvalue weighted by Crippen LogP contribution is 2.45. The van der Waals surface area contributed by atoms with Crippen molar-refractivity contribution in [2.75, 3.05) is 17.7 Å². The predicted molar refractivity (Wildman–Crippen MR) is 128 cm³/mol. The van der Waals surface area contributed by atoms with Crippen molar-refractivity contribution in [2.45, 2.75) is 24.8 Å². The van der Waals surface area contributed by atoms with E-state index in [1.54, 1.807) is 7.11 Å². The number of ether oxygens (including phenoxy) is 1. The summed E-state index contributed by atoms with van der Waals surface area (Å²) in [6, 6.07) is 24.1. The molecule has 0 unspecified atom stereocenters. The Labute approximate surface area is 190 Å². The molecule has 5 heteroatoms. The number of Topliss-reactive ketones (excluding diaryl/α,β-unsaturated/α-hetero) is 1. The largest absolute Gasteiger partial charge is 0.497 e. The number of para-hydroxylation sites is 2. The van der Waals surface area contributed by atoms with Gasteiger partial charge in [0.1, 0.15) is 5.75 Å². The van der Waals surface area contributed by atoms with Crippen LogP contribution < -0.4 is 15.4 Å². The minimum absolute atomic E-state index is 0.134. The van der Waals surface area contributed by atoms with Gasteiger partial charge in [0, 0.05) is 22.2 Å². The Bertz CT molecular complexity index is 1170. The molecule has 0 spiro atoms. The molecule has 0 fully saturated rings. The zero-order valence-electron chi connectivity index (χ0n) is 17.2. The van der Waals surface area contributed by atoms with Crippen LogP contribution in [0.4, 0.5) is 11.4 Å². The van der Waals surface area contributed by atoms with Gasteiger partial charge in [-0.05, 0) is 53.8 Å². The molecule has 0 radical (unpaired) electrons. The molecule has 1 aliphatic carbocycles. The summed E-state index contributed by atoms with van der Waals surface area (Å²) >= 11 is 3.69. The molecule has 0 aromatic heterocycles. The molecule has 2 N–H and O–H groups in total. The van der Waals surface area contributed by atoms with E-state index in [0.29, 0.717) is 6.42 Å². The molecular formula is C26H23BrN2O2. The fourth-order valence-corrected chi connectivity index (χ4v) is 5.06. The standard InChI is InChI=1S/C26H23BrN2O2/c1-31-18-12-10-16(11-13-18)17-14-23-25(24(30)15-17)26(19-6-2-3-7-20(19)27)29-22-9-5-4-8-21(22)28-23/h2-13,17,26,28-29H,14-15H2,1H3/t17-,26-/m0/s1. The van der Waals surface area contributed by atoms with Crippen molar-refractivity contribution < 1.29 is 9.53 Å². The second-order valence-electron chi connectivity index (χ2n) is 7.96. The van der Waals surface area contributed by atoms with Gasteiger partial charge < -0.3 is 15.4 Å². The van der Waals surface area contributed by atoms with Crippen LogP contribution in [-0.2, 0) is 4.79 Å². The monoisotopic (exact) mass is 474 g/mol. The molecule has 0 bridgehead atoms.